The average Bonchev–Trinajstić information content (AvgIpc) is 3.52. The number of hydrogen-bond donors (Lipinski definition) is 1. The first-order valence-electron chi connectivity index (χ1n) is 12.0. The fourth-order valence-corrected chi connectivity index (χ4v) is 4.66. The molecule has 32 heavy (non-hydrogen) atoms. The summed E-state index contributed by atoms with van der Waals surface area (Å²) in [5.74, 6) is 1.10. The molecular weight excluding hydrogens is 517 g/mol. The van der Waals surface area contributed by atoms with Crippen molar-refractivity contribution >= 4 is 35.8 Å². The van der Waals surface area contributed by atoms with Gasteiger partial charge in [-0.15, -0.1) is 24.0 Å². The van der Waals surface area contributed by atoms with Gasteiger partial charge in [-0.1, -0.05) is 24.3 Å². The van der Waals surface area contributed by atoms with Crippen LogP contribution in [0.1, 0.15) is 43.7 Å². The van der Waals surface area contributed by atoms with Crippen molar-refractivity contribution in [1.82, 2.24) is 20.0 Å². The van der Waals surface area contributed by atoms with E-state index in [0.29, 0.717) is 13.2 Å². The summed E-state index contributed by atoms with van der Waals surface area (Å²) in [4.78, 5) is 24.2. The van der Waals surface area contributed by atoms with Gasteiger partial charge in [0.15, 0.2) is 5.96 Å². The fraction of sp³-hybridized carbons (Fsp3) is 0.667. The molecular formula is C24H38IN5O2. The lowest BCUT2D eigenvalue weighted by molar-refractivity contribution is -0.142. The van der Waals surface area contributed by atoms with E-state index >= 15 is 0 Å². The highest BCUT2D eigenvalue weighted by atomic mass is 127. The zero-order chi connectivity index (χ0) is 21.5. The van der Waals surface area contributed by atoms with E-state index in [4.69, 9.17) is 9.73 Å². The van der Waals surface area contributed by atoms with Crippen LogP contribution in [0.3, 0.4) is 0 Å². The van der Waals surface area contributed by atoms with Crippen LogP contribution in [0.5, 0.6) is 0 Å². The Morgan fingerprint density at radius 3 is 2.28 bits per heavy atom. The fourth-order valence-electron chi connectivity index (χ4n) is 4.66. The van der Waals surface area contributed by atoms with E-state index in [1.54, 1.807) is 0 Å². The average molecular weight is 556 g/mol. The highest BCUT2D eigenvalue weighted by Gasteiger charge is 2.30. The molecule has 3 saturated heterocycles. The number of carbonyl (C=O) groups excluding carboxylic acids is 1. The molecule has 0 radical (unpaired) electrons. The Balaban J connectivity index is 0.00000289. The summed E-state index contributed by atoms with van der Waals surface area (Å²) in [7, 11) is 0. The molecule has 3 heterocycles. The van der Waals surface area contributed by atoms with Crippen LogP contribution >= 0.6 is 24.0 Å². The van der Waals surface area contributed by atoms with Crippen LogP contribution in [0, 0.1) is 0 Å². The number of rotatable bonds is 6. The van der Waals surface area contributed by atoms with E-state index in [2.05, 4.69) is 46.3 Å². The number of guanidine groups is 1. The van der Waals surface area contributed by atoms with Crippen LogP contribution in [0.2, 0.25) is 0 Å². The first kappa shape index (κ1) is 25.2. The van der Waals surface area contributed by atoms with E-state index < -0.39 is 0 Å². The molecule has 8 heteroatoms. The van der Waals surface area contributed by atoms with Crippen LogP contribution in [0.15, 0.2) is 29.3 Å². The Labute approximate surface area is 209 Å². The second kappa shape index (κ2) is 12.7. The Hall–Kier alpha value is -1.39. The van der Waals surface area contributed by atoms with Gasteiger partial charge in [-0.3, -0.25) is 9.69 Å². The monoisotopic (exact) mass is 555 g/mol. The molecule has 1 amide bonds. The highest BCUT2D eigenvalue weighted by molar-refractivity contribution is 14.0. The molecule has 4 rings (SSSR count). The molecule has 0 bridgehead atoms. The van der Waals surface area contributed by atoms with Gasteiger partial charge in [0.1, 0.15) is 6.10 Å². The smallest absolute Gasteiger partial charge is 0.251 e. The van der Waals surface area contributed by atoms with Crippen molar-refractivity contribution in [3.05, 3.63) is 35.4 Å². The summed E-state index contributed by atoms with van der Waals surface area (Å²) in [5.41, 5.74) is 2.61. The van der Waals surface area contributed by atoms with E-state index in [0.717, 1.165) is 58.1 Å². The van der Waals surface area contributed by atoms with Gasteiger partial charge in [-0.2, -0.15) is 0 Å². The van der Waals surface area contributed by atoms with Crippen LogP contribution in [0.25, 0.3) is 0 Å². The van der Waals surface area contributed by atoms with Gasteiger partial charge in [0, 0.05) is 45.9 Å². The second-order valence-corrected chi connectivity index (χ2v) is 8.78. The topological polar surface area (TPSA) is 60.4 Å². The molecule has 3 aliphatic heterocycles. The number of nitrogens with one attached hydrogen (secondary N) is 1. The Kier molecular flexibility index (Phi) is 10.1. The van der Waals surface area contributed by atoms with Crippen LogP contribution in [-0.4, -0.2) is 85.1 Å². The number of benzene rings is 1. The van der Waals surface area contributed by atoms with Gasteiger partial charge in [-0.05, 0) is 56.8 Å². The number of amides is 1. The van der Waals surface area contributed by atoms with Crippen molar-refractivity contribution in [2.45, 2.75) is 51.8 Å². The zero-order valence-corrected chi connectivity index (χ0v) is 21.6. The SMILES string of the molecule is CCNC(=NCc1ccc(CN2CCCC2)cc1)N1CCN(C(=O)C2CCCO2)CC1.I. The third-order valence-corrected chi connectivity index (χ3v) is 6.47. The predicted octanol–water partition coefficient (Wildman–Crippen LogP) is 2.69. The molecule has 0 aromatic heterocycles. The molecule has 1 aromatic carbocycles. The zero-order valence-electron chi connectivity index (χ0n) is 19.3. The minimum atomic E-state index is -0.220. The number of likely N-dealkylation sites (tertiary alicyclic amines) is 1. The summed E-state index contributed by atoms with van der Waals surface area (Å²) in [6.45, 7) is 10.9. The minimum Gasteiger partial charge on any atom is -0.368 e. The number of piperazine rings is 1. The van der Waals surface area contributed by atoms with Gasteiger partial charge in [-0.25, -0.2) is 4.99 Å². The summed E-state index contributed by atoms with van der Waals surface area (Å²) < 4.78 is 5.57. The van der Waals surface area contributed by atoms with Gasteiger partial charge in [0.25, 0.3) is 5.91 Å². The maximum Gasteiger partial charge on any atom is 0.251 e. The van der Waals surface area contributed by atoms with Gasteiger partial charge in [0.05, 0.1) is 6.54 Å². The standard InChI is InChI=1S/C24H37N5O2.HI/c1-2-25-24(29-15-13-28(14-16-29)23(30)22-6-5-17-31-22)26-18-20-7-9-21(10-8-20)19-27-11-3-4-12-27;/h7-10,22H,2-6,11-19H2,1H3,(H,25,26);1H. The van der Waals surface area contributed by atoms with E-state index in [-0.39, 0.29) is 36.0 Å². The first-order valence-corrected chi connectivity index (χ1v) is 12.0. The summed E-state index contributed by atoms with van der Waals surface area (Å²) >= 11 is 0. The molecule has 1 aromatic rings. The molecule has 0 aliphatic carbocycles. The van der Waals surface area contributed by atoms with Crippen molar-refractivity contribution in [3.63, 3.8) is 0 Å². The van der Waals surface area contributed by atoms with Crippen molar-refractivity contribution in [2.24, 2.45) is 4.99 Å². The molecule has 3 aliphatic rings. The van der Waals surface area contributed by atoms with Crippen LogP contribution < -0.4 is 5.32 Å². The molecule has 0 spiro atoms. The third-order valence-electron chi connectivity index (χ3n) is 6.47. The number of aliphatic imine (C=N–C) groups is 1. The maximum atomic E-state index is 12.6. The van der Waals surface area contributed by atoms with E-state index in [1.807, 2.05) is 4.90 Å². The van der Waals surface area contributed by atoms with E-state index in [1.165, 1.54) is 37.1 Å². The lowest BCUT2D eigenvalue weighted by Gasteiger charge is -2.37. The number of hydrogen-bond acceptors (Lipinski definition) is 4. The third kappa shape index (κ3) is 6.81. The molecule has 1 N–H and O–H groups in total. The van der Waals surface area contributed by atoms with Gasteiger partial charge in [0.2, 0.25) is 0 Å². The highest BCUT2D eigenvalue weighted by Crippen LogP contribution is 2.17. The van der Waals surface area contributed by atoms with E-state index in [9.17, 15) is 4.79 Å². The summed E-state index contributed by atoms with van der Waals surface area (Å²) in [6.07, 6.45) is 4.29. The van der Waals surface area contributed by atoms with Gasteiger partial charge < -0.3 is 19.9 Å². The van der Waals surface area contributed by atoms with Crippen LogP contribution in [-0.2, 0) is 22.6 Å². The number of halogens is 1. The molecule has 3 fully saturated rings. The van der Waals surface area contributed by atoms with Crippen molar-refractivity contribution in [1.29, 1.82) is 0 Å². The molecule has 1 unspecified atom stereocenters. The second-order valence-electron chi connectivity index (χ2n) is 8.78. The lowest BCUT2D eigenvalue weighted by atomic mass is 10.1. The van der Waals surface area contributed by atoms with Crippen LogP contribution in [0.4, 0.5) is 0 Å². The number of ether oxygens (including phenoxy) is 1. The lowest BCUT2D eigenvalue weighted by Crippen LogP contribution is -2.55. The summed E-state index contributed by atoms with van der Waals surface area (Å²) in [5, 5.41) is 3.42. The van der Waals surface area contributed by atoms with Crippen molar-refractivity contribution in [2.75, 3.05) is 52.4 Å². The number of nitrogens with zero attached hydrogens (tertiary/aromatic N) is 4. The first-order chi connectivity index (χ1) is 15.2. The van der Waals surface area contributed by atoms with Crippen molar-refractivity contribution < 1.29 is 9.53 Å². The Bertz CT molecular complexity index is 737. The van der Waals surface area contributed by atoms with Gasteiger partial charge >= 0.3 is 0 Å². The maximum absolute atomic E-state index is 12.6. The minimum absolute atomic E-state index is 0. The molecule has 7 nitrogen and oxygen atoms in total. The Morgan fingerprint density at radius 2 is 1.66 bits per heavy atom. The molecule has 1 atom stereocenters. The quantitative estimate of drug-likeness (QED) is 0.333. The normalized spacial score (nSPS) is 22.2. The van der Waals surface area contributed by atoms with Crippen molar-refractivity contribution in [3.8, 4) is 0 Å². The number of carbonyl (C=O) groups is 1. The Morgan fingerprint density at radius 1 is 1.00 bits per heavy atom. The largest absolute Gasteiger partial charge is 0.368 e. The summed E-state index contributed by atoms with van der Waals surface area (Å²) in [6, 6.07) is 8.89. The molecule has 0 saturated carbocycles. The predicted molar refractivity (Wildman–Crippen MR) is 138 cm³/mol. The molecule has 178 valence electrons.